The number of fused-ring (bicyclic) bond motifs is 6. The molecule has 0 aliphatic carbocycles. The Kier molecular flexibility index (Phi) is 6.99. The van der Waals surface area contributed by atoms with Crippen molar-refractivity contribution in [3.63, 3.8) is 0 Å². The van der Waals surface area contributed by atoms with Crippen LogP contribution in [0.15, 0.2) is 97.2 Å². The van der Waals surface area contributed by atoms with E-state index in [4.69, 9.17) is 23.2 Å². The van der Waals surface area contributed by atoms with Crippen molar-refractivity contribution in [1.29, 1.82) is 0 Å². The molecule has 0 unspecified atom stereocenters. The van der Waals surface area contributed by atoms with Crippen LogP contribution in [0.2, 0.25) is 10.0 Å². The average molecular weight is 622 g/mol. The molecule has 3 aliphatic rings. The molecule has 5 nitrogen and oxygen atoms in total. The van der Waals surface area contributed by atoms with E-state index in [2.05, 4.69) is 19.2 Å². The number of halogens is 2. The van der Waals surface area contributed by atoms with Gasteiger partial charge in [0.25, 0.3) is 0 Å². The molecule has 1 spiro atoms. The summed E-state index contributed by atoms with van der Waals surface area (Å²) >= 11 is 12.8. The molecule has 1 fully saturated rings. The van der Waals surface area contributed by atoms with Crippen LogP contribution in [0.5, 0.6) is 0 Å². The standard InChI is InChI=1S/C37H30Cl2N2O3/c1-21(2)19-22-11-13-24(14-12-22)33(42)31-32(34(43)27-16-15-25(38)20-29(27)39)41-18-17-23-7-3-4-8-26(23)35(41)37(31)28-9-5-6-10-30(28)40-36(37)44/h3-18,20-21,31-32,35H,19H2,1-2H3,(H,40,44)/t31-,32+,35-,37+/m0/s1. The molecule has 0 saturated carbocycles. The van der Waals surface area contributed by atoms with Crippen molar-refractivity contribution in [1.82, 2.24) is 4.90 Å². The number of Topliss-reactive ketones (excluding diaryl/α,β-unsaturated/α-hetero) is 2. The maximum absolute atomic E-state index is 15.0. The zero-order valence-corrected chi connectivity index (χ0v) is 25.8. The highest BCUT2D eigenvalue weighted by Gasteiger charge is 2.70. The van der Waals surface area contributed by atoms with Crippen LogP contribution in [0.25, 0.3) is 6.08 Å². The Bertz CT molecular complexity index is 1870. The van der Waals surface area contributed by atoms with E-state index < -0.39 is 23.4 Å². The highest BCUT2D eigenvalue weighted by Crippen LogP contribution is 2.62. The normalized spacial score (nSPS) is 23.0. The fraction of sp³-hybridized carbons (Fsp3) is 0.216. The minimum absolute atomic E-state index is 0.196. The second-order valence-electron chi connectivity index (χ2n) is 12.2. The Morgan fingerprint density at radius 2 is 1.64 bits per heavy atom. The molecule has 1 amide bonds. The van der Waals surface area contributed by atoms with Gasteiger partial charge in [-0.05, 0) is 64.9 Å². The first kappa shape index (κ1) is 28.6. The molecular formula is C37H30Cl2N2O3. The number of hydrogen-bond donors (Lipinski definition) is 1. The van der Waals surface area contributed by atoms with Crippen molar-refractivity contribution in [2.24, 2.45) is 11.8 Å². The van der Waals surface area contributed by atoms with E-state index in [1.165, 1.54) is 6.07 Å². The van der Waals surface area contributed by atoms with Gasteiger partial charge in [0, 0.05) is 28.0 Å². The second-order valence-corrected chi connectivity index (χ2v) is 13.1. The van der Waals surface area contributed by atoms with E-state index in [0.29, 0.717) is 27.8 Å². The van der Waals surface area contributed by atoms with Gasteiger partial charge in [0.05, 0.1) is 17.0 Å². The number of benzene rings is 4. The fourth-order valence-corrected chi connectivity index (χ4v) is 7.97. The Morgan fingerprint density at radius 1 is 0.909 bits per heavy atom. The zero-order valence-electron chi connectivity index (χ0n) is 24.3. The number of rotatable bonds is 6. The van der Waals surface area contributed by atoms with E-state index in [1.807, 2.05) is 90.0 Å². The molecule has 1 N–H and O–H groups in total. The van der Waals surface area contributed by atoms with Crippen molar-refractivity contribution >= 4 is 52.4 Å². The smallest absolute Gasteiger partial charge is 0.238 e. The molecule has 3 aliphatic heterocycles. The van der Waals surface area contributed by atoms with Gasteiger partial charge in [-0.3, -0.25) is 14.4 Å². The Hall–Kier alpha value is -4.19. The number of para-hydroxylation sites is 1. The van der Waals surface area contributed by atoms with Gasteiger partial charge >= 0.3 is 0 Å². The molecule has 0 radical (unpaired) electrons. The van der Waals surface area contributed by atoms with Gasteiger partial charge in [0.2, 0.25) is 5.91 Å². The van der Waals surface area contributed by atoms with Crippen molar-refractivity contribution in [2.45, 2.75) is 37.8 Å². The largest absolute Gasteiger partial charge is 0.358 e. The molecule has 0 bridgehead atoms. The summed E-state index contributed by atoms with van der Waals surface area (Å²) in [5.74, 6) is -1.52. The van der Waals surface area contributed by atoms with Crippen LogP contribution in [0.4, 0.5) is 5.69 Å². The topological polar surface area (TPSA) is 66.5 Å². The first-order valence-corrected chi connectivity index (χ1v) is 15.6. The van der Waals surface area contributed by atoms with E-state index in [9.17, 15) is 9.59 Å². The number of ketones is 2. The quantitative estimate of drug-likeness (QED) is 0.221. The third kappa shape index (κ3) is 4.25. The molecule has 3 heterocycles. The molecule has 7 rings (SSSR count). The lowest BCUT2D eigenvalue weighted by molar-refractivity contribution is -0.122. The van der Waals surface area contributed by atoms with Crippen LogP contribution >= 0.6 is 23.2 Å². The van der Waals surface area contributed by atoms with E-state index in [1.54, 1.807) is 12.1 Å². The minimum atomic E-state index is -1.40. The van der Waals surface area contributed by atoms with Gasteiger partial charge in [0.1, 0.15) is 11.5 Å². The van der Waals surface area contributed by atoms with Crippen LogP contribution in [0.1, 0.15) is 62.9 Å². The maximum atomic E-state index is 15.0. The number of anilines is 1. The van der Waals surface area contributed by atoms with Crippen molar-refractivity contribution in [2.75, 3.05) is 5.32 Å². The van der Waals surface area contributed by atoms with Gasteiger partial charge in [-0.15, -0.1) is 0 Å². The third-order valence-corrected chi connectivity index (χ3v) is 9.75. The van der Waals surface area contributed by atoms with Gasteiger partial charge in [0.15, 0.2) is 11.6 Å². The number of carbonyl (C=O) groups excluding carboxylic acids is 3. The number of nitrogens with zero attached hydrogens (tertiary/aromatic N) is 1. The summed E-state index contributed by atoms with van der Waals surface area (Å²) in [7, 11) is 0. The molecule has 4 aromatic carbocycles. The molecule has 220 valence electrons. The Balaban J connectivity index is 1.49. The highest BCUT2D eigenvalue weighted by atomic mass is 35.5. The van der Waals surface area contributed by atoms with Crippen LogP contribution in [0, 0.1) is 11.8 Å². The fourth-order valence-electron chi connectivity index (χ4n) is 7.47. The molecule has 0 aromatic heterocycles. The summed E-state index contributed by atoms with van der Waals surface area (Å²) in [6, 6.07) is 26.0. The lowest BCUT2D eigenvalue weighted by Crippen LogP contribution is -2.49. The lowest BCUT2D eigenvalue weighted by Gasteiger charge is -2.38. The number of nitrogens with one attached hydrogen (secondary N) is 1. The molecule has 1 saturated heterocycles. The first-order chi connectivity index (χ1) is 21.2. The lowest BCUT2D eigenvalue weighted by atomic mass is 9.62. The van der Waals surface area contributed by atoms with Crippen LogP contribution < -0.4 is 5.32 Å². The van der Waals surface area contributed by atoms with Crippen molar-refractivity contribution in [3.05, 3.63) is 141 Å². The summed E-state index contributed by atoms with van der Waals surface area (Å²) in [5.41, 5.74) is 3.60. The van der Waals surface area contributed by atoms with E-state index in [-0.39, 0.29) is 28.1 Å². The van der Waals surface area contributed by atoms with Gasteiger partial charge < -0.3 is 10.2 Å². The Labute approximate surface area is 266 Å². The monoisotopic (exact) mass is 620 g/mol. The van der Waals surface area contributed by atoms with Gasteiger partial charge in [-0.1, -0.05) is 104 Å². The second kappa shape index (κ2) is 10.8. The average Bonchev–Trinajstić information content (AvgIpc) is 3.49. The summed E-state index contributed by atoms with van der Waals surface area (Å²) < 4.78 is 0. The van der Waals surface area contributed by atoms with Crippen molar-refractivity contribution < 1.29 is 14.4 Å². The Morgan fingerprint density at radius 3 is 2.39 bits per heavy atom. The highest BCUT2D eigenvalue weighted by molar-refractivity contribution is 6.37. The molecule has 4 aromatic rings. The number of carbonyl (C=O) groups is 3. The zero-order chi connectivity index (χ0) is 30.7. The summed E-state index contributed by atoms with van der Waals surface area (Å²) in [4.78, 5) is 46.2. The molecule has 44 heavy (non-hydrogen) atoms. The number of amides is 1. The van der Waals surface area contributed by atoms with E-state index >= 15 is 4.79 Å². The molecule has 7 heteroatoms. The molecule has 4 atom stereocenters. The molecular weight excluding hydrogens is 591 g/mol. The predicted octanol–water partition coefficient (Wildman–Crippen LogP) is 8.17. The van der Waals surface area contributed by atoms with Crippen LogP contribution in [0.3, 0.4) is 0 Å². The summed E-state index contributed by atoms with van der Waals surface area (Å²) in [6.45, 7) is 4.30. The van der Waals surface area contributed by atoms with Crippen molar-refractivity contribution in [3.8, 4) is 0 Å². The van der Waals surface area contributed by atoms with Gasteiger partial charge in [-0.2, -0.15) is 0 Å². The maximum Gasteiger partial charge on any atom is 0.238 e. The van der Waals surface area contributed by atoms with E-state index in [0.717, 1.165) is 23.1 Å². The predicted molar refractivity (Wildman–Crippen MR) is 174 cm³/mol. The third-order valence-electron chi connectivity index (χ3n) is 9.20. The number of hydrogen-bond acceptors (Lipinski definition) is 4. The summed E-state index contributed by atoms with van der Waals surface area (Å²) in [6.07, 6.45) is 4.68. The first-order valence-electron chi connectivity index (χ1n) is 14.8. The SMILES string of the molecule is CC(C)Cc1ccc(C(=O)[C@@H]2[C@H](C(=O)c3ccc(Cl)cc3Cl)N3C=Cc4ccccc4[C@H]3[C@]23C(=O)Nc2ccccc23)cc1. The summed E-state index contributed by atoms with van der Waals surface area (Å²) in [5, 5.41) is 3.68. The van der Waals surface area contributed by atoms with Gasteiger partial charge in [-0.25, -0.2) is 0 Å². The van der Waals surface area contributed by atoms with Crippen LogP contribution in [-0.2, 0) is 16.6 Å². The van der Waals surface area contributed by atoms with Crippen LogP contribution in [-0.4, -0.2) is 28.4 Å². The minimum Gasteiger partial charge on any atom is -0.358 e.